The Hall–Kier alpha value is -2.61. The second kappa shape index (κ2) is 9.42. The Balaban J connectivity index is 2.93. The van der Waals surface area contributed by atoms with E-state index in [2.05, 4.69) is 22.4 Å². The summed E-state index contributed by atoms with van der Waals surface area (Å²) in [7, 11) is 2.94. The number of thiocarbonyl (C=S) groups is 1. The number of hydrogen-bond acceptors (Lipinski definition) is 6. The Kier molecular flexibility index (Phi) is 7.55. The molecule has 0 aliphatic carbocycles. The van der Waals surface area contributed by atoms with Crippen molar-refractivity contribution in [2.45, 2.75) is 6.92 Å². The van der Waals surface area contributed by atoms with E-state index >= 15 is 0 Å². The summed E-state index contributed by atoms with van der Waals surface area (Å²) in [6, 6.07) is 3.32. The smallest absolute Gasteiger partial charge is 0.308 e. The number of carbonyl (C=O) groups excluding carboxylic acids is 1. The minimum absolute atomic E-state index is 0.218. The first-order valence-electron chi connectivity index (χ1n) is 6.64. The number of carbonyl (C=O) groups is 1. The molecule has 0 saturated heterocycles. The van der Waals surface area contributed by atoms with Crippen molar-refractivity contribution >= 4 is 29.5 Å². The van der Waals surface area contributed by atoms with E-state index in [1.165, 1.54) is 27.4 Å². The Bertz CT molecular complexity index is 592. The van der Waals surface area contributed by atoms with Gasteiger partial charge in [-0.25, -0.2) is 0 Å². The highest BCUT2D eigenvalue weighted by Crippen LogP contribution is 2.38. The summed E-state index contributed by atoms with van der Waals surface area (Å²) in [4.78, 5) is 11.2. The Morgan fingerprint density at radius 2 is 1.96 bits per heavy atom. The molecule has 0 unspecified atom stereocenters. The molecule has 0 heterocycles. The summed E-state index contributed by atoms with van der Waals surface area (Å²) in [5.41, 5.74) is 3.34. The first-order chi connectivity index (χ1) is 11.0. The molecule has 7 nitrogen and oxygen atoms in total. The van der Waals surface area contributed by atoms with Crippen LogP contribution in [0.2, 0.25) is 0 Å². The van der Waals surface area contributed by atoms with Crippen LogP contribution in [0.5, 0.6) is 17.2 Å². The molecule has 0 aliphatic rings. The minimum atomic E-state index is -0.469. The Morgan fingerprint density at radius 1 is 1.35 bits per heavy atom. The first-order valence-corrected chi connectivity index (χ1v) is 7.04. The van der Waals surface area contributed by atoms with Gasteiger partial charge in [-0.1, -0.05) is 6.08 Å². The topological polar surface area (TPSA) is 81.2 Å². The van der Waals surface area contributed by atoms with Crippen LogP contribution in [0, 0.1) is 0 Å². The molecule has 2 N–H and O–H groups in total. The van der Waals surface area contributed by atoms with Crippen molar-refractivity contribution in [1.29, 1.82) is 0 Å². The van der Waals surface area contributed by atoms with Gasteiger partial charge in [0.25, 0.3) is 0 Å². The van der Waals surface area contributed by atoms with Crippen LogP contribution < -0.4 is 25.0 Å². The van der Waals surface area contributed by atoms with Crippen molar-refractivity contribution in [3.05, 3.63) is 30.4 Å². The molecule has 0 radical (unpaired) electrons. The number of rotatable bonds is 7. The van der Waals surface area contributed by atoms with E-state index in [-0.39, 0.29) is 5.75 Å². The lowest BCUT2D eigenvalue weighted by Crippen LogP contribution is -2.31. The van der Waals surface area contributed by atoms with Crippen LogP contribution in [0.1, 0.15) is 12.5 Å². The van der Waals surface area contributed by atoms with E-state index in [1.807, 2.05) is 0 Å². The largest absolute Gasteiger partial charge is 0.493 e. The van der Waals surface area contributed by atoms with Crippen LogP contribution in [0.3, 0.4) is 0 Å². The summed E-state index contributed by atoms with van der Waals surface area (Å²) < 4.78 is 15.6. The fraction of sp³-hybridized carbons (Fsp3) is 0.267. The van der Waals surface area contributed by atoms with Gasteiger partial charge >= 0.3 is 5.97 Å². The summed E-state index contributed by atoms with van der Waals surface area (Å²) in [6.45, 7) is 5.42. The van der Waals surface area contributed by atoms with Gasteiger partial charge in [-0.3, -0.25) is 10.2 Å². The average molecular weight is 337 g/mol. The molecule has 0 spiro atoms. The van der Waals surface area contributed by atoms with Gasteiger partial charge in [0.2, 0.25) is 5.75 Å². The molecule has 0 aliphatic heterocycles. The average Bonchev–Trinajstić information content (AvgIpc) is 2.53. The standard InChI is InChI=1S/C15H19N3O4S/c1-5-6-16-15(23)18-17-9-11-7-12(20-3)14(22-10(2)19)13(8-11)21-4/h5,7-9H,1,6H2,2-4H3,(H2,16,18,23). The lowest BCUT2D eigenvalue weighted by molar-refractivity contribution is -0.132. The zero-order chi connectivity index (χ0) is 17.2. The first kappa shape index (κ1) is 18.4. The maximum atomic E-state index is 11.2. The van der Waals surface area contributed by atoms with Gasteiger partial charge in [-0.05, 0) is 24.4 Å². The number of hydrogen-bond donors (Lipinski definition) is 2. The van der Waals surface area contributed by atoms with Gasteiger partial charge in [0.1, 0.15) is 0 Å². The van der Waals surface area contributed by atoms with Crippen molar-refractivity contribution in [3.8, 4) is 17.2 Å². The van der Waals surface area contributed by atoms with Crippen molar-refractivity contribution < 1.29 is 19.0 Å². The minimum Gasteiger partial charge on any atom is -0.493 e. The third-order valence-corrected chi connectivity index (χ3v) is 2.75. The summed E-state index contributed by atoms with van der Waals surface area (Å²) >= 11 is 5.01. The van der Waals surface area contributed by atoms with E-state index in [9.17, 15) is 4.79 Å². The molecule has 124 valence electrons. The van der Waals surface area contributed by atoms with Crippen LogP contribution in [-0.4, -0.2) is 38.1 Å². The number of benzene rings is 1. The van der Waals surface area contributed by atoms with E-state index in [4.69, 9.17) is 26.4 Å². The number of methoxy groups -OCH3 is 2. The molecule has 0 saturated carbocycles. The monoisotopic (exact) mass is 337 g/mol. The highest BCUT2D eigenvalue weighted by Gasteiger charge is 2.15. The fourth-order valence-electron chi connectivity index (χ4n) is 1.59. The molecule has 0 bridgehead atoms. The van der Waals surface area contributed by atoms with Crippen LogP contribution in [0.4, 0.5) is 0 Å². The second-order valence-corrected chi connectivity index (χ2v) is 4.63. The highest BCUT2D eigenvalue weighted by molar-refractivity contribution is 7.80. The van der Waals surface area contributed by atoms with E-state index in [1.54, 1.807) is 18.2 Å². The molecule has 0 aromatic heterocycles. The van der Waals surface area contributed by atoms with E-state index in [0.717, 1.165) is 0 Å². The number of ether oxygens (including phenoxy) is 3. The molecule has 1 aromatic rings. The van der Waals surface area contributed by atoms with Gasteiger partial charge in [0, 0.05) is 19.0 Å². The number of nitrogens with one attached hydrogen (secondary N) is 2. The molecule has 0 amide bonds. The third kappa shape index (κ3) is 5.95. The van der Waals surface area contributed by atoms with Crippen molar-refractivity contribution in [3.63, 3.8) is 0 Å². The van der Waals surface area contributed by atoms with Crippen molar-refractivity contribution in [2.24, 2.45) is 5.10 Å². The Labute approximate surface area is 140 Å². The third-order valence-electron chi connectivity index (χ3n) is 2.52. The SMILES string of the molecule is C=CCNC(=S)NN=Cc1cc(OC)c(OC(C)=O)c(OC)c1. The zero-order valence-corrected chi connectivity index (χ0v) is 14.0. The Morgan fingerprint density at radius 3 is 2.43 bits per heavy atom. The van der Waals surface area contributed by atoms with Crippen molar-refractivity contribution in [1.82, 2.24) is 10.7 Å². The highest BCUT2D eigenvalue weighted by atomic mass is 32.1. The maximum absolute atomic E-state index is 11.2. The molecule has 0 fully saturated rings. The van der Waals surface area contributed by atoms with Gasteiger partial charge in [0.15, 0.2) is 16.6 Å². The summed E-state index contributed by atoms with van der Waals surface area (Å²) in [5.74, 6) is 0.459. The molecule has 1 rings (SSSR count). The van der Waals surface area contributed by atoms with E-state index in [0.29, 0.717) is 28.7 Å². The van der Waals surface area contributed by atoms with Crippen LogP contribution in [0.25, 0.3) is 0 Å². The van der Waals surface area contributed by atoms with Gasteiger partial charge in [0.05, 0.1) is 20.4 Å². The second-order valence-electron chi connectivity index (χ2n) is 4.22. The lowest BCUT2D eigenvalue weighted by Gasteiger charge is -2.13. The zero-order valence-electron chi connectivity index (χ0n) is 13.2. The van der Waals surface area contributed by atoms with Crippen molar-refractivity contribution in [2.75, 3.05) is 20.8 Å². The number of hydrazone groups is 1. The number of nitrogens with zero attached hydrogens (tertiary/aromatic N) is 1. The molecular formula is C15H19N3O4S. The molecular weight excluding hydrogens is 318 g/mol. The quantitative estimate of drug-likeness (QED) is 0.195. The summed E-state index contributed by atoms with van der Waals surface area (Å²) in [6.07, 6.45) is 3.21. The van der Waals surface area contributed by atoms with Gasteiger partial charge in [-0.15, -0.1) is 6.58 Å². The summed E-state index contributed by atoms with van der Waals surface area (Å²) in [5, 5.41) is 7.25. The molecule has 8 heteroatoms. The normalized spacial score (nSPS) is 10.0. The molecule has 1 aromatic carbocycles. The lowest BCUT2D eigenvalue weighted by atomic mass is 10.2. The van der Waals surface area contributed by atoms with Crippen LogP contribution in [-0.2, 0) is 4.79 Å². The van der Waals surface area contributed by atoms with Crippen LogP contribution >= 0.6 is 12.2 Å². The predicted molar refractivity (Wildman–Crippen MR) is 92.4 cm³/mol. The maximum Gasteiger partial charge on any atom is 0.308 e. The number of esters is 1. The predicted octanol–water partition coefficient (Wildman–Crippen LogP) is 1.61. The molecule has 23 heavy (non-hydrogen) atoms. The van der Waals surface area contributed by atoms with Gasteiger partial charge < -0.3 is 19.5 Å². The van der Waals surface area contributed by atoms with Crippen LogP contribution in [0.15, 0.2) is 29.9 Å². The molecule has 0 atom stereocenters. The fourth-order valence-corrected chi connectivity index (χ4v) is 1.72. The van der Waals surface area contributed by atoms with E-state index < -0.39 is 5.97 Å². The van der Waals surface area contributed by atoms with Gasteiger partial charge in [-0.2, -0.15) is 5.10 Å².